The summed E-state index contributed by atoms with van der Waals surface area (Å²) in [6.45, 7) is 4.80. The highest BCUT2D eigenvalue weighted by Gasteiger charge is 2.30. The monoisotopic (exact) mass is 177 g/mol. The highest BCUT2D eigenvalue weighted by Crippen LogP contribution is 2.21. The highest BCUT2D eigenvalue weighted by atomic mass is 35.5. The lowest BCUT2D eigenvalue weighted by Gasteiger charge is -2.36. The van der Waals surface area contributed by atoms with Gasteiger partial charge in [0.1, 0.15) is 0 Å². The van der Waals surface area contributed by atoms with E-state index in [1.54, 1.807) is 0 Å². The molecule has 1 N–H and O–H groups in total. The van der Waals surface area contributed by atoms with Gasteiger partial charge in [-0.25, -0.2) is 0 Å². The average molecular weight is 178 g/mol. The summed E-state index contributed by atoms with van der Waals surface area (Å²) < 4.78 is 5.27. The van der Waals surface area contributed by atoms with Crippen molar-refractivity contribution in [2.75, 3.05) is 25.6 Å². The van der Waals surface area contributed by atoms with Gasteiger partial charge in [0.05, 0.1) is 0 Å². The van der Waals surface area contributed by atoms with Crippen molar-refractivity contribution in [3.05, 3.63) is 0 Å². The van der Waals surface area contributed by atoms with Crippen molar-refractivity contribution in [1.82, 2.24) is 5.32 Å². The first-order chi connectivity index (χ1) is 5.33. The molecule has 0 saturated carbocycles. The van der Waals surface area contributed by atoms with Crippen molar-refractivity contribution >= 4 is 11.6 Å². The second-order valence-electron chi connectivity index (χ2n) is 3.06. The number of hydrogen-bond acceptors (Lipinski definition) is 2. The Kier molecular flexibility index (Phi) is 3.63. The second-order valence-corrected chi connectivity index (χ2v) is 3.32. The quantitative estimate of drug-likeness (QED) is 0.658. The minimum absolute atomic E-state index is 0.161. The maximum atomic E-state index is 5.90. The topological polar surface area (TPSA) is 21.3 Å². The Bertz CT molecular complexity index is 107. The molecule has 1 heterocycles. The molecule has 1 aliphatic heterocycles. The van der Waals surface area contributed by atoms with Crippen LogP contribution < -0.4 is 5.32 Å². The predicted molar refractivity (Wildman–Crippen MR) is 47.2 cm³/mol. The summed E-state index contributed by atoms with van der Waals surface area (Å²) in [6, 6.07) is 0. The van der Waals surface area contributed by atoms with Crippen molar-refractivity contribution in [2.45, 2.75) is 25.3 Å². The molecule has 0 aliphatic carbocycles. The Labute approximate surface area is 73.3 Å². The van der Waals surface area contributed by atoms with Crippen LogP contribution in [0, 0.1) is 0 Å². The lowest BCUT2D eigenvalue weighted by atomic mass is 9.92. The molecular weight excluding hydrogens is 162 g/mol. The molecule has 0 aromatic rings. The molecule has 1 aliphatic rings. The van der Waals surface area contributed by atoms with Crippen molar-refractivity contribution in [2.24, 2.45) is 0 Å². The van der Waals surface area contributed by atoms with E-state index < -0.39 is 0 Å². The highest BCUT2D eigenvalue weighted by molar-refractivity contribution is 6.18. The lowest BCUT2D eigenvalue weighted by molar-refractivity contribution is 0.0473. The molecule has 0 unspecified atom stereocenters. The van der Waals surface area contributed by atoms with Crippen molar-refractivity contribution in [3.8, 4) is 0 Å². The second kappa shape index (κ2) is 4.29. The van der Waals surface area contributed by atoms with Gasteiger partial charge in [0, 0.05) is 24.6 Å². The zero-order valence-electron chi connectivity index (χ0n) is 7.03. The van der Waals surface area contributed by atoms with E-state index in [4.69, 9.17) is 16.3 Å². The van der Waals surface area contributed by atoms with E-state index in [0.717, 1.165) is 32.6 Å². The van der Waals surface area contributed by atoms with Gasteiger partial charge in [0.15, 0.2) is 0 Å². The molecule has 0 spiro atoms. The third-order valence-electron chi connectivity index (χ3n) is 2.26. The van der Waals surface area contributed by atoms with Crippen molar-refractivity contribution in [1.29, 1.82) is 0 Å². The maximum Gasteiger partial charge on any atom is 0.0484 e. The summed E-state index contributed by atoms with van der Waals surface area (Å²) in [6.07, 6.45) is 2.09. The smallest absolute Gasteiger partial charge is 0.0484 e. The van der Waals surface area contributed by atoms with Gasteiger partial charge < -0.3 is 10.1 Å². The number of alkyl halides is 1. The molecule has 0 aromatic heterocycles. The summed E-state index contributed by atoms with van der Waals surface area (Å²) in [5.41, 5.74) is 0.161. The molecule has 0 aromatic carbocycles. The van der Waals surface area contributed by atoms with E-state index in [1.165, 1.54) is 0 Å². The average Bonchev–Trinajstić information content (AvgIpc) is 2.07. The van der Waals surface area contributed by atoms with Crippen LogP contribution in [0.1, 0.15) is 19.8 Å². The normalized spacial score (nSPS) is 23.5. The van der Waals surface area contributed by atoms with Gasteiger partial charge in [-0.2, -0.15) is 0 Å². The van der Waals surface area contributed by atoms with E-state index in [0.29, 0.717) is 5.88 Å². The molecule has 0 atom stereocenters. The van der Waals surface area contributed by atoms with E-state index in [9.17, 15) is 0 Å². The SMILES string of the molecule is CCNC1(CCl)CCOCC1. The number of nitrogens with one attached hydrogen (secondary N) is 1. The Morgan fingerprint density at radius 3 is 2.55 bits per heavy atom. The van der Waals surface area contributed by atoms with Gasteiger partial charge in [-0.05, 0) is 19.4 Å². The number of hydrogen-bond donors (Lipinski definition) is 1. The van der Waals surface area contributed by atoms with Crippen LogP contribution in [0.4, 0.5) is 0 Å². The Morgan fingerprint density at radius 1 is 1.45 bits per heavy atom. The van der Waals surface area contributed by atoms with Gasteiger partial charge >= 0.3 is 0 Å². The van der Waals surface area contributed by atoms with E-state index in [-0.39, 0.29) is 5.54 Å². The first-order valence-electron chi connectivity index (χ1n) is 4.22. The molecule has 66 valence electrons. The Balaban J connectivity index is 2.42. The largest absolute Gasteiger partial charge is 0.381 e. The van der Waals surface area contributed by atoms with Crippen LogP contribution in [0.25, 0.3) is 0 Å². The summed E-state index contributed by atoms with van der Waals surface area (Å²) >= 11 is 5.90. The molecule has 0 amide bonds. The molecule has 1 saturated heterocycles. The zero-order valence-corrected chi connectivity index (χ0v) is 7.78. The fourth-order valence-electron chi connectivity index (χ4n) is 1.49. The van der Waals surface area contributed by atoms with E-state index >= 15 is 0 Å². The molecule has 0 bridgehead atoms. The molecule has 11 heavy (non-hydrogen) atoms. The van der Waals surface area contributed by atoms with Crippen molar-refractivity contribution in [3.63, 3.8) is 0 Å². The molecule has 1 fully saturated rings. The molecular formula is C8H16ClNO. The predicted octanol–water partition coefficient (Wildman–Crippen LogP) is 1.38. The fraction of sp³-hybridized carbons (Fsp3) is 1.00. The summed E-state index contributed by atoms with van der Waals surface area (Å²) in [5.74, 6) is 0.699. The zero-order chi connectivity index (χ0) is 8.16. The molecule has 0 radical (unpaired) electrons. The first-order valence-corrected chi connectivity index (χ1v) is 4.75. The van der Waals surface area contributed by atoms with Gasteiger partial charge in [-0.1, -0.05) is 6.92 Å². The lowest BCUT2D eigenvalue weighted by Crippen LogP contribution is -2.50. The Hall–Kier alpha value is 0.210. The van der Waals surface area contributed by atoms with Gasteiger partial charge in [0.25, 0.3) is 0 Å². The van der Waals surface area contributed by atoms with Crippen LogP contribution in [-0.2, 0) is 4.74 Å². The minimum atomic E-state index is 0.161. The van der Waals surface area contributed by atoms with Gasteiger partial charge in [-0.15, -0.1) is 11.6 Å². The van der Waals surface area contributed by atoms with Crippen LogP contribution >= 0.6 is 11.6 Å². The van der Waals surface area contributed by atoms with Gasteiger partial charge in [-0.3, -0.25) is 0 Å². The molecule has 3 heteroatoms. The first kappa shape index (κ1) is 9.30. The van der Waals surface area contributed by atoms with E-state index in [1.807, 2.05) is 0 Å². The van der Waals surface area contributed by atoms with Crippen LogP contribution in [0.2, 0.25) is 0 Å². The number of halogens is 1. The summed E-state index contributed by atoms with van der Waals surface area (Å²) in [7, 11) is 0. The van der Waals surface area contributed by atoms with Gasteiger partial charge in [0.2, 0.25) is 0 Å². The fourth-order valence-corrected chi connectivity index (χ4v) is 1.86. The third kappa shape index (κ3) is 2.32. The minimum Gasteiger partial charge on any atom is -0.381 e. The van der Waals surface area contributed by atoms with E-state index in [2.05, 4.69) is 12.2 Å². The number of rotatable bonds is 3. The number of ether oxygens (including phenoxy) is 1. The standard InChI is InChI=1S/C8H16ClNO/c1-2-10-8(7-9)3-5-11-6-4-8/h10H,2-7H2,1H3. The maximum absolute atomic E-state index is 5.90. The molecule has 1 rings (SSSR count). The van der Waals surface area contributed by atoms with Crippen LogP contribution in [0.15, 0.2) is 0 Å². The van der Waals surface area contributed by atoms with Crippen LogP contribution in [-0.4, -0.2) is 31.2 Å². The van der Waals surface area contributed by atoms with Crippen molar-refractivity contribution < 1.29 is 4.74 Å². The van der Waals surface area contributed by atoms with Crippen LogP contribution in [0.3, 0.4) is 0 Å². The Morgan fingerprint density at radius 2 is 2.09 bits per heavy atom. The summed E-state index contributed by atoms with van der Waals surface area (Å²) in [5, 5.41) is 3.44. The molecule has 2 nitrogen and oxygen atoms in total. The third-order valence-corrected chi connectivity index (χ3v) is 2.77. The van der Waals surface area contributed by atoms with Crippen LogP contribution in [0.5, 0.6) is 0 Å². The summed E-state index contributed by atoms with van der Waals surface area (Å²) in [4.78, 5) is 0.